The summed E-state index contributed by atoms with van der Waals surface area (Å²) in [4.78, 5) is 23.8. The molecule has 0 aliphatic carbocycles. The Morgan fingerprint density at radius 3 is 2.90 bits per heavy atom. The molecule has 0 saturated heterocycles. The van der Waals surface area contributed by atoms with Gasteiger partial charge in [0.25, 0.3) is 5.91 Å². The minimum Gasteiger partial charge on any atom is -0.327 e. The monoisotopic (exact) mass is 303 g/mol. The van der Waals surface area contributed by atoms with Crippen molar-refractivity contribution < 1.29 is 4.79 Å². The van der Waals surface area contributed by atoms with Crippen molar-refractivity contribution in [3.8, 4) is 0 Å². The zero-order chi connectivity index (χ0) is 15.0. The molecule has 6 nitrogen and oxygen atoms in total. The summed E-state index contributed by atoms with van der Waals surface area (Å²) >= 11 is 1.15. The van der Waals surface area contributed by atoms with Crippen molar-refractivity contribution in [1.29, 1.82) is 0 Å². The van der Waals surface area contributed by atoms with Gasteiger partial charge in [0.1, 0.15) is 10.7 Å². The molecule has 0 aromatic carbocycles. The topological polar surface area (TPSA) is 71.9 Å². The molecule has 0 N–H and O–H groups in total. The van der Waals surface area contributed by atoms with E-state index in [2.05, 4.69) is 33.4 Å². The molecule has 0 saturated carbocycles. The van der Waals surface area contributed by atoms with E-state index in [1.54, 1.807) is 11.8 Å². The maximum Gasteiger partial charge on any atom is 0.268 e. The highest BCUT2D eigenvalue weighted by molar-refractivity contribution is 7.07. The summed E-state index contributed by atoms with van der Waals surface area (Å²) in [5.74, 6) is 1.35. The van der Waals surface area contributed by atoms with Gasteiger partial charge in [-0.25, -0.2) is 9.97 Å². The zero-order valence-corrected chi connectivity index (χ0v) is 13.1. The molecule has 2 aromatic rings. The van der Waals surface area contributed by atoms with Gasteiger partial charge in [-0.05, 0) is 24.4 Å². The van der Waals surface area contributed by atoms with Gasteiger partial charge in [0.05, 0.1) is 17.9 Å². The Bertz CT molecular complexity index is 682. The van der Waals surface area contributed by atoms with Crippen LogP contribution in [0.25, 0.3) is 0 Å². The smallest absolute Gasteiger partial charge is 0.268 e. The first-order valence-electron chi connectivity index (χ1n) is 6.96. The largest absolute Gasteiger partial charge is 0.327 e. The number of fused-ring (bicyclic) bond motifs is 1. The van der Waals surface area contributed by atoms with Gasteiger partial charge in [0.2, 0.25) is 0 Å². The van der Waals surface area contributed by atoms with Crippen molar-refractivity contribution in [1.82, 2.24) is 24.5 Å². The highest BCUT2D eigenvalue weighted by Gasteiger charge is 2.28. The number of carbonyl (C=O) groups excluding carboxylic acids is 1. The van der Waals surface area contributed by atoms with Crippen LogP contribution in [0.15, 0.2) is 6.20 Å². The lowest BCUT2D eigenvalue weighted by molar-refractivity contribution is 0.0754. The summed E-state index contributed by atoms with van der Waals surface area (Å²) in [6.45, 7) is 7.20. The van der Waals surface area contributed by atoms with E-state index in [1.165, 1.54) is 0 Å². The molecule has 0 fully saturated rings. The molecule has 0 radical (unpaired) electrons. The minimum absolute atomic E-state index is 0.0223. The van der Waals surface area contributed by atoms with Crippen LogP contribution >= 0.6 is 11.5 Å². The number of hydrogen-bond donors (Lipinski definition) is 0. The van der Waals surface area contributed by atoms with Gasteiger partial charge in [-0.3, -0.25) is 4.79 Å². The molecule has 0 spiro atoms. The molecule has 110 valence electrons. The second-order valence-corrected chi connectivity index (χ2v) is 6.46. The molecule has 2 aromatic heterocycles. The van der Waals surface area contributed by atoms with Crippen LogP contribution in [-0.4, -0.2) is 30.4 Å². The minimum atomic E-state index is -0.0223. The average molecular weight is 303 g/mol. The van der Waals surface area contributed by atoms with Crippen LogP contribution in [0.2, 0.25) is 0 Å². The van der Waals surface area contributed by atoms with Crippen LogP contribution in [0.5, 0.6) is 0 Å². The Morgan fingerprint density at radius 2 is 2.24 bits per heavy atom. The number of hydrogen-bond acceptors (Lipinski definition) is 6. The zero-order valence-electron chi connectivity index (χ0n) is 12.3. The number of carbonyl (C=O) groups is 1. The fourth-order valence-corrected chi connectivity index (χ4v) is 3.00. The van der Waals surface area contributed by atoms with Gasteiger partial charge in [0, 0.05) is 24.7 Å². The molecular formula is C14H17N5OS. The Labute approximate surface area is 127 Å². The van der Waals surface area contributed by atoms with Crippen LogP contribution in [0, 0.1) is 12.8 Å². The lowest BCUT2D eigenvalue weighted by atomic mass is 10.1. The van der Waals surface area contributed by atoms with E-state index in [0.29, 0.717) is 29.6 Å². The molecule has 1 amide bonds. The first kappa shape index (κ1) is 14.1. The van der Waals surface area contributed by atoms with E-state index in [4.69, 9.17) is 0 Å². The Morgan fingerprint density at radius 1 is 1.43 bits per heavy atom. The maximum absolute atomic E-state index is 12.5. The van der Waals surface area contributed by atoms with E-state index >= 15 is 0 Å². The molecule has 1 aliphatic heterocycles. The second kappa shape index (κ2) is 5.48. The quantitative estimate of drug-likeness (QED) is 0.867. The third kappa shape index (κ3) is 2.78. The molecular weight excluding hydrogens is 286 g/mol. The summed E-state index contributed by atoms with van der Waals surface area (Å²) in [5, 5.41) is 3.90. The number of amides is 1. The SMILES string of the molecule is Cc1nnsc1C(=O)N1Cc2cnc(CC(C)C)nc2C1. The van der Waals surface area contributed by atoms with Crippen LogP contribution in [0.1, 0.15) is 46.3 Å². The summed E-state index contributed by atoms with van der Waals surface area (Å²) < 4.78 is 3.83. The van der Waals surface area contributed by atoms with Crippen LogP contribution < -0.4 is 0 Å². The predicted molar refractivity (Wildman–Crippen MR) is 78.8 cm³/mol. The van der Waals surface area contributed by atoms with E-state index in [-0.39, 0.29) is 5.91 Å². The summed E-state index contributed by atoms with van der Waals surface area (Å²) in [7, 11) is 0. The fraction of sp³-hybridized carbons (Fsp3) is 0.500. The Hall–Kier alpha value is -1.89. The molecule has 0 unspecified atom stereocenters. The van der Waals surface area contributed by atoms with Crippen molar-refractivity contribution in [3.05, 3.63) is 33.8 Å². The molecule has 7 heteroatoms. The van der Waals surface area contributed by atoms with Gasteiger partial charge >= 0.3 is 0 Å². The second-order valence-electron chi connectivity index (χ2n) is 5.70. The van der Waals surface area contributed by atoms with Gasteiger partial charge in [0.15, 0.2) is 0 Å². The van der Waals surface area contributed by atoms with Crippen LogP contribution in [0.3, 0.4) is 0 Å². The third-order valence-corrected chi connectivity index (χ3v) is 4.25. The van der Waals surface area contributed by atoms with E-state index in [0.717, 1.165) is 35.0 Å². The van der Waals surface area contributed by atoms with Crippen LogP contribution in [-0.2, 0) is 19.5 Å². The van der Waals surface area contributed by atoms with Crippen molar-refractivity contribution in [2.45, 2.75) is 40.3 Å². The Kier molecular flexibility index (Phi) is 3.67. The number of aromatic nitrogens is 4. The third-order valence-electron chi connectivity index (χ3n) is 3.43. The average Bonchev–Trinajstić information content (AvgIpc) is 3.02. The molecule has 0 atom stereocenters. The molecule has 3 rings (SSSR count). The van der Waals surface area contributed by atoms with E-state index in [1.807, 2.05) is 6.20 Å². The van der Waals surface area contributed by atoms with E-state index in [9.17, 15) is 4.79 Å². The number of rotatable bonds is 3. The number of aryl methyl sites for hydroxylation is 1. The number of nitrogens with zero attached hydrogens (tertiary/aromatic N) is 5. The summed E-state index contributed by atoms with van der Waals surface area (Å²) in [6, 6.07) is 0. The maximum atomic E-state index is 12.5. The molecule has 21 heavy (non-hydrogen) atoms. The van der Waals surface area contributed by atoms with Gasteiger partial charge in [-0.2, -0.15) is 0 Å². The molecule has 0 bridgehead atoms. The summed E-state index contributed by atoms with van der Waals surface area (Å²) in [5.41, 5.74) is 2.68. The van der Waals surface area contributed by atoms with E-state index < -0.39 is 0 Å². The summed E-state index contributed by atoms with van der Waals surface area (Å²) in [6.07, 6.45) is 2.71. The van der Waals surface area contributed by atoms with Gasteiger partial charge < -0.3 is 4.90 Å². The lowest BCUT2D eigenvalue weighted by Crippen LogP contribution is -2.25. The first-order chi connectivity index (χ1) is 10.0. The van der Waals surface area contributed by atoms with Gasteiger partial charge in [-0.1, -0.05) is 18.3 Å². The van der Waals surface area contributed by atoms with Crippen molar-refractivity contribution in [2.24, 2.45) is 5.92 Å². The van der Waals surface area contributed by atoms with Crippen molar-refractivity contribution >= 4 is 17.4 Å². The van der Waals surface area contributed by atoms with Crippen LogP contribution in [0.4, 0.5) is 0 Å². The molecule has 3 heterocycles. The molecule has 1 aliphatic rings. The first-order valence-corrected chi connectivity index (χ1v) is 7.74. The van der Waals surface area contributed by atoms with Crippen molar-refractivity contribution in [2.75, 3.05) is 0 Å². The normalized spacial score (nSPS) is 13.8. The standard InChI is InChI=1S/C14H17N5OS/c1-8(2)4-12-15-5-10-6-19(7-11(10)16-12)14(20)13-9(3)17-18-21-13/h5,8H,4,6-7H2,1-3H3. The highest BCUT2D eigenvalue weighted by Crippen LogP contribution is 2.24. The predicted octanol–water partition coefficient (Wildman–Crippen LogP) is 1.99. The Balaban J connectivity index is 1.78. The van der Waals surface area contributed by atoms with Crippen molar-refractivity contribution in [3.63, 3.8) is 0 Å². The lowest BCUT2D eigenvalue weighted by Gasteiger charge is -2.13. The van der Waals surface area contributed by atoms with Gasteiger partial charge in [-0.15, -0.1) is 5.10 Å². The highest BCUT2D eigenvalue weighted by atomic mass is 32.1. The fourth-order valence-electron chi connectivity index (χ4n) is 2.37.